The van der Waals surface area contributed by atoms with Gasteiger partial charge >= 0.3 is 13.4 Å². The van der Waals surface area contributed by atoms with Crippen LogP contribution in [0.2, 0.25) is 0 Å². The van der Waals surface area contributed by atoms with Crippen LogP contribution in [0.5, 0.6) is 0 Å². The summed E-state index contributed by atoms with van der Waals surface area (Å²) in [6.45, 7) is 32.6. The Morgan fingerprint density at radius 2 is 0.433 bits per heavy atom. The summed E-state index contributed by atoms with van der Waals surface area (Å²) in [5.41, 5.74) is 17.3. The monoisotopic (exact) mass is 872 g/mol. The Kier molecular flexibility index (Phi) is 12.8. The molecule has 0 unspecified atom stereocenters. The molecule has 3 aliphatic rings. The Morgan fingerprint density at radius 1 is 0.283 bits per heavy atom. The Balaban J connectivity index is 1.57. The summed E-state index contributed by atoms with van der Waals surface area (Å²) in [4.78, 5) is 0. The maximum absolute atomic E-state index is 2.86. The van der Waals surface area contributed by atoms with E-state index in [0.717, 1.165) is 0 Å². The van der Waals surface area contributed by atoms with Crippen molar-refractivity contribution in [3.8, 4) is 0 Å². The van der Waals surface area contributed by atoms with E-state index in [1.807, 2.05) is 0 Å². The van der Waals surface area contributed by atoms with Crippen molar-refractivity contribution in [3.63, 3.8) is 0 Å². The van der Waals surface area contributed by atoms with Crippen molar-refractivity contribution < 1.29 is 0 Å². The van der Waals surface area contributed by atoms with E-state index in [4.69, 9.17) is 0 Å². The van der Waals surface area contributed by atoms with E-state index in [1.165, 1.54) is 67.3 Å². The molecule has 0 aliphatic carbocycles. The molecular formula is C52H72N4S2Si2. The quantitative estimate of drug-likeness (QED) is 0.131. The smallest absolute Gasteiger partial charge is 0.339 e. The third kappa shape index (κ3) is 7.33. The fourth-order valence-electron chi connectivity index (χ4n) is 9.65. The predicted octanol–water partition coefficient (Wildman–Crippen LogP) is 16.3. The molecule has 0 amide bonds. The van der Waals surface area contributed by atoms with Crippen molar-refractivity contribution in [2.45, 2.75) is 158 Å². The van der Waals surface area contributed by atoms with Gasteiger partial charge in [0.1, 0.15) is 0 Å². The Morgan fingerprint density at radius 3 is 0.567 bits per heavy atom. The van der Waals surface area contributed by atoms with Crippen molar-refractivity contribution in [2.24, 2.45) is 0 Å². The molecule has 0 saturated carbocycles. The highest BCUT2D eigenvalue weighted by Gasteiger charge is 2.77. The standard InChI is InChI=1S/C52H72N4S2Si2/c1-33(2)41-21-17-22-42(34(3)4)49(41)53-29-30-54(50-43(35(5)6)23-18-24-44(50)36(7)8)59(53)57-60(58-59)55(51-45(37(9)10)25-19-26-46(51)38(11)12)31-32-56(60)52-47(39(13)14)27-20-28-48(52)40(15)16/h17-40H,1-16H3. The van der Waals surface area contributed by atoms with Gasteiger partial charge in [-0.3, -0.25) is 0 Å². The van der Waals surface area contributed by atoms with Crippen LogP contribution in [-0.4, -0.2) is 13.4 Å². The predicted molar refractivity (Wildman–Crippen MR) is 273 cm³/mol. The average Bonchev–Trinajstić information content (AvgIpc) is 3.76. The fraction of sp³-hybridized carbons (Fsp3) is 0.462. The van der Waals surface area contributed by atoms with Crippen molar-refractivity contribution in [2.75, 3.05) is 18.3 Å². The molecule has 0 atom stereocenters. The van der Waals surface area contributed by atoms with E-state index in [1.54, 1.807) is 0 Å². The highest BCUT2D eigenvalue weighted by molar-refractivity contribution is 8.98. The molecule has 3 aliphatic heterocycles. The van der Waals surface area contributed by atoms with Gasteiger partial charge in [0, 0.05) is 47.5 Å². The van der Waals surface area contributed by atoms with Gasteiger partial charge in [-0.25, -0.2) is 0 Å². The highest BCUT2D eigenvalue weighted by atomic mass is 32.9. The lowest BCUT2D eigenvalue weighted by molar-refractivity contribution is 0.832. The maximum Gasteiger partial charge on any atom is 0.401 e. The molecule has 60 heavy (non-hydrogen) atoms. The second kappa shape index (κ2) is 17.1. The third-order valence-electron chi connectivity index (χ3n) is 12.8. The van der Waals surface area contributed by atoms with Crippen molar-refractivity contribution in [1.29, 1.82) is 0 Å². The number of hydrogen-bond acceptors (Lipinski definition) is 6. The van der Waals surface area contributed by atoms with E-state index >= 15 is 0 Å². The van der Waals surface area contributed by atoms with E-state index in [0.29, 0.717) is 47.3 Å². The average molecular weight is 873 g/mol. The number of benzene rings is 4. The van der Waals surface area contributed by atoms with Crippen LogP contribution in [0.3, 0.4) is 0 Å². The lowest BCUT2D eigenvalue weighted by Crippen LogP contribution is -2.76. The Labute approximate surface area is 373 Å². The first kappa shape index (κ1) is 44.7. The van der Waals surface area contributed by atoms with Crippen molar-refractivity contribution in [3.05, 3.63) is 142 Å². The van der Waals surface area contributed by atoms with Crippen LogP contribution in [0, 0.1) is 0 Å². The summed E-state index contributed by atoms with van der Waals surface area (Å²) >= 11 is 0. The van der Waals surface area contributed by atoms with Gasteiger partial charge in [0.15, 0.2) is 0 Å². The largest absolute Gasteiger partial charge is 0.401 e. The number of anilines is 4. The first-order valence-corrected chi connectivity index (χ1v) is 31.1. The van der Waals surface area contributed by atoms with Crippen LogP contribution in [-0.2, 0) is 0 Å². The van der Waals surface area contributed by atoms with E-state index in [-0.39, 0.29) is 0 Å². The minimum absolute atomic E-state index is 0.391. The maximum atomic E-state index is 2.86. The molecule has 0 aromatic heterocycles. The van der Waals surface area contributed by atoms with Gasteiger partial charge in [0.05, 0.1) is 0 Å². The fourth-order valence-corrected chi connectivity index (χ4v) is 46.7. The number of nitrogens with zero attached hydrogens (tertiary/aromatic N) is 4. The van der Waals surface area contributed by atoms with Gasteiger partial charge in [-0.15, -0.1) is 0 Å². The van der Waals surface area contributed by atoms with Gasteiger partial charge in [-0.1, -0.05) is 205 Å². The first-order valence-electron chi connectivity index (χ1n) is 22.8. The van der Waals surface area contributed by atoms with Crippen LogP contribution in [0.4, 0.5) is 22.7 Å². The van der Waals surface area contributed by atoms with Crippen LogP contribution in [0.25, 0.3) is 0 Å². The van der Waals surface area contributed by atoms with Crippen LogP contribution >= 0.6 is 21.3 Å². The number of para-hydroxylation sites is 4. The van der Waals surface area contributed by atoms with Crippen molar-refractivity contribution >= 4 is 57.5 Å². The molecule has 7 rings (SSSR count). The zero-order valence-electron chi connectivity index (χ0n) is 39.5. The third-order valence-corrected chi connectivity index (χ3v) is 44.3. The summed E-state index contributed by atoms with van der Waals surface area (Å²) in [7, 11) is 4.78. The van der Waals surface area contributed by atoms with Crippen molar-refractivity contribution in [1.82, 2.24) is 0 Å². The molecule has 4 aromatic carbocycles. The minimum Gasteiger partial charge on any atom is -0.339 e. The van der Waals surface area contributed by atoms with E-state index < -0.39 is 13.4 Å². The molecule has 0 bridgehead atoms. The van der Waals surface area contributed by atoms with E-state index in [2.05, 4.69) is 248 Å². The van der Waals surface area contributed by atoms with Gasteiger partial charge < -0.3 is 18.3 Å². The molecular weight excluding hydrogens is 801 g/mol. The van der Waals surface area contributed by atoms with Gasteiger partial charge in [-0.05, 0) is 91.9 Å². The minimum atomic E-state index is -2.77. The highest BCUT2D eigenvalue weighted by Crippen LogP contribution is 2.70. The molecule has 0 radical (unpaired) electrons. The Bertz CT molecular complexity index is 1850. The molecule has 4 aromatic rings. The molecule has 0 N–H and O–H groups in total. The summed E-state index contributed by atoms with van der Waals surface area (Å²) in [5, 5.41) is 0. The molecule has 1 saturated heterocycles. The SMILES string of the molecule is CC(C)c1cccc(C(C)C)c1N1C=CN(c2c(C(C)C)cccc2C(C)C)[Si]12S[Si]1(S2)N(c2c(C(C)C)cccc2C(C)C)C=CN1c1c(C(C)C)cccc1C(C)C. The number of rotatable bonds is 12. The summed E-state index contributed by atoms with van der Waals surface area (Å²) in [6.07, 6.45) is 10.0. The van der Waals surface area contributed by atoms with E-state index in [9.17, 15) is 0 Å². The number of hydrogen-bond donors (Lipinski definition) is 0. The second-order valence-corrected chi connectivity index (χ2v) is 37.6. The normalized spacial score (nSPS) is 17.1. The molecule has 1 fully saturated rings. The molecule has 2 spiro atoms. The van der Waals surface area contributed by atoms with Crippen LogP contribution in [0.1, 0.15) is 203 Å². The molecule has 8 heteroatoms. The zero-order chi connectivity index (χ0) is 43.6. The lowest BCUT2D eigenvalue weighted by atomic mass is 9.92. The topological polar surface area (TPSA) is 13.0 Å². The summed E-state index contributed by atoms with van der Waals surface area (Å²) in [5.74, 6) is 3.12. The van der Waals surface area contributed by atoms with Crippen LogP contribution < -0.4 is 18.3 Å². The molecule has 3 heterocycles. The second-order valence-electron chi connectivity index (χ2n) is 19.8. The summed E-state index contributed by atoms with van der Waals surface area (Å²) in [6, 6.07) is 28.5. The van der Waals surface area contributed by atoms with Gasteiger partial charge in [-0.2, -0.15) is 0 Å². The summed E-state index contributed by atoms with van der Waals surface area (Å²) < 4.78 is 11.4. The lowest BCUT2D eigenvalue weighted by Gasteiger charge is -2.60. The van der Waals surface area contributed by atoms with Crippen LogP contribution in [0.15, 0.2) is 97.6 Å². The van der Waals surface area contributed by atoms with Gasteiger partial charge in [0.25, 0.3) is 0 Å². The molecule has 320 valence electrons. The zero-order valence-corrected chi connectivity index (χ0v) is 43.1. The first-order chi connectivity index (χ1) is 28.4. The Hall–Kier alpha value is -3.31. The van der Waals surface area contributed by atoms with Gasteiger partial charge in [0.2, 0.25) is 0 Å². The molecule has 4 nitrogen and oxygen atoms in total.